The van der Waals surface area contributed by atoms with Crippen molar-refractivity contribution in [3.8, 4) is 23.0 Å². The highest BCUT2D eigenvalue weighted by Gasteiger charge is 2.14. The molecule has 35 heavy (non-hydrogen) atoms. The monoisotopic (exact) mass is 466 g/mol. The quantitative estimate of drug-likeness (QED) is 0.256. The molecule has 0 saturated heterocycles. The Balaban J connectivity index is 1.59. The molecule has 4 rings (SSSR count). The van der Waals surface area contributed by atoms with Crippen molar-refractivity contribution in [2.24, 2.45) is 0 Å². The summed E-state index contributed by atoms with van der Waals surface area (Å²) in [4.78, 5) is 0. The Bertz CT molecular complexity index is 1180. The lowest BCUT2D eigenvalue weighted by Gasteiger charge is -2.19. The average molecular weight is 467 g/mol. The van der Waals surface area contributed by atoms with Crippen LogP contribution in [0.3, 0.4) is 0 Å². The Kier molecular flexibility index (Phi) is 7.31. The number of hydrogen-bond donors (Lipinski definition) is 2. The Morgan fingerprint density at radius 2 is 0.857 bits per heavy atom. The van der Waals surface area contributed by atoms with Crippen molar-refractivity contribution >= 4 is 11.4 Å². The fourth-order valence-electron chi connectivity index (χ4n) is 4.22. The van der Waals surface area contributed by atoms with Gasteiger partial charge in [-0.1, -0.05) is 39.8 Å². The van der Waals surface area contributed by atoms with Crippen molar-refractivity contribution in [1.82, 2.24) is 0 Å². The molecule has 4 aromatic rings. The van der Waals surface area contributed by atoms with Gasteiger partial charge < -0.3 is 20.9 Å². The van der Waals surface area contributed by atoms with Gasteiger partial charge in [0.15, 0.2) is 0 Å². The Morgan fingerprint density at radius 1 is 0.514 bits per heavy atom. The molecule has 4 nitrogen and oxygen atoms in total. The van der Waals surface area contributed by atoms with Crippen LogP contribution in [-0.2, 0) is 6.42 Å². The second kappa shape index (κ2) is 10.6. The second-order valence-electron chi connectivity index (χ2n) is 9.55. The number of hydrogen-bond acceptors (Lipinski definition) is 4. The Hall–Kier alpha value is -3.92. The normalized spacial score (nSPS) is 11.1. The van der Waals surface area contributed by atoms with Crippen LogP contribution in [0.4, 0.5) is 11.4 Å². The molecule has 0 atom stereocenters. The van der Waals surface area contributed by atoms with Crippen molar-refractivity contribution in [1.29, 1.82) is 0 Å². The number of benzene rings is 4. The summed E-state index contributed by atoms with van der Waals surface area (Å²) in [6.07, 6.45) is 0.853. The Morgan fingerprint density at radius 3 is 1.20 bits per heavy atom. The minimum atomic E-state index is 0.371. The molecule has 0 radical (unpaired) electrons. The predicted octanol–water partition coefficient (Wildman–Crippen LogP) is 8.27. The summed E-state index contributed by atoms with van der Waals surface area (Å²) < 4.78 is 12.2. The highest BCUT2D eigenvalue weighted by molar-refractivity contribution is 5.48. The molecule has 0 fully saturated rings. The molecule has 4 N–H and O–H groups in total. The van der Waals surface area contributed by atoms with Crippen LogP contribution in [-0.4, -0.2) is 0 Å². The van der Waals surface area contributed by atoms with E-state index < -0.39 is 0 Å². The highest BCUT2D eigenvalue weighted by Crippen LogP contribution is 2.33. The molecule has 0 aromatic heterocycles. The average Bonchev–Trinajstić information content (AvgIpc) is 2.83. The predicted molar refractivity (Wildman–Crippen MR) is 146 cm³/mol. The van der Waals surface area contributed by atoms with E-state index in [9.17, 15) is 0 Å². The van der Waals surface area contributed by atoms with Crippen LogP contribution in [0.1, 0.15) is 61.8 Å². The lowest BCUT2D eigenvalue weighted by Crippen LogP contribution is -2.03. The maximum Gasteiger partial charge on any atom is 0.127 e. The summed E-state index contributed by atoms with van der Waals surface area (Å²) in [5, 5.41) is 0. The maximum absolute atomic E-state index is 6.09. The van der Waals surface area contributed by atoms with Crippen molar-refractivity contribution in [3.05, 3.63) is 107 Å². The first-order valence-electron chi connectivity index (χ1n) is 12.1. The lowest BCUT2D eigenvalue weighted by molar-refractivity contribution is 0.481. The first kappa shape index (κ1) is 24.2. The fourth-order valence-corrected chi connectivity index (χ4v) is 4.22. The first-order chi connectivity index (χ1) is 16.8. The summed E-state index contributed by atoms with van der Waals surface area (Å²) >= 11 is 0. The second-order valence-corrected chi connectivity index (χ2v) is 9.55. The van der Waals surface area contributed by atoms with Crippen LogP contribution < -0.4 is 20.9 Å². The minimum absolute atomic E-state index is 0.371. The number of rotatable bonds is 8. The van der Waals surface area contributed by atoms with E-state index in [4.69, 9.17) is 20.9 Å². The summed E-state index contributed by atoms with van der Waals surface area (Å²) in [6.45, 7) is 8.88. The van der Waals surface area contributed by atoms with Crippen LogP contribution >= 0.6 is 0 Å². The van der Waals surface area contributed by atoms with Gasteiger partial charge in [0.2, 0.25) is 0 Å². The summed E-state index contributed by atoms with van der Waals surface area (Å²) in [6, 6.07) is 27.7. The van der Waals surface area contributed by atoms with Crippen LogP contribution in [0.25, 0.3) is 0 Å². The van der Waals surface area contributed by atoms with Gasteiger partial charge in [0.05, 0.1) is 0 Å². The zero-order valence-corrected chi connectivity index (χ0v) is 20.9. The van der Waals surface area contributed by atoms with Gasteiger partial charge in [-0.05, 0) is 113 Å². The SMILES string of the molecule is CC(C)c1cc(Oc2ccc(N)cc2)ccc1Cc1ccc(Oc2ccc(N)cc2)cc1C(C)C. The molecule has 0 amide bonds. The van der Waals surface area contributed by atoms with Gasteiger partial charge in [-0.2, -0.15) is 0 Å². The summed E-state index contributed by atoms with van der Waals surface area (Å²) in [7, 11) is 0. The number of nitrogen functional groups attached to an aromatic ring is 2. The lowest BCUT2D eigenvalue weighted by atomic mass is 9.88. The molecule has 0 aliphatic rings. The molecule has 0 bridgehead atoms. The van der Waals surface area contributed by atoms with E-state index in [1.165, 1.54) is 22.3 Å². The van der Waals surface area contributed by atoms with Gasteiger partial charge in [-0.25, -0.2) is 0 Å². The smallest absolute Gasteiger partial charge is 0.127 e. The third kappa shape index (κ3) is 6.15. The molecule has 0 unspecified atom stereocenters. The van der Waals surface area contributed by atoms with E-state index in [1.54, 1.807) is 0 Å². The molecule has 0 aliphatic heterocycles. The van der Waals surface area contributed by atoms with E-state index in [1.807, 2.05) is 60.7 Å². The van der Waals surface area contributed by atoms with Crippen molar-refractivity contribution in [2.75, 3.05) is 11.5 Å². The van der Waals surface area contributed by atoms with E-state index in [0.717, 1.165) is 40.8 Å². The van der Waals surface area contributed by atoms with Gasteiger partial charge >= 0.3 is 0 Å². The Labute approximate surface area is 208 Å². The molecule has 0 heterocycles. The van der Waals surface area contributed by atoms with Gasteiger partial charge in [0, 0.05) is 11.4 Å². The third-order valence-electron chi connectivity index (χ3n) is 6.09. The summed E-state index contributed by atoms with van der Waals surface area (Å²) in [5.41, 5.74) is 18.2. The molecule has 0 aliphatic carbocycles. The fraction of sp³-hybridized carbons (Fsp3) is 0.226. The van der Waals surface area contributed by atoms with Crippen molar-refractivity contribution < 1.29 is 9.47 Å². The van der Waals surface area contributed by atoms with Crippen molar-refractivity contribution in [2.45, 2.75) is 46.0 Å². The minimum Gasteiger partial charge on any atom is -0.457 e. The zero-order chi connectivity index (χ0) is 24.9. The molecule has 4 aromatic carbocycles. The van der Waals surface area contributed by atoms with Crippen LogP contribution in [0.2, 0.25) is 0 Å². The number of ether oxygens (including phenoxy) is 2. The van der Waals surface area contributed by atoms with E-state index in [0.29, 0.717) is 11.8 Å². The largest absolute Gasteiger partial charge is 0.457 e. The van der Waals surface area contributed by atoms with Crippen LogP contribution in [0.15, 0.2) is 84.9 Å². The highest BCUT2D eigenvalue weighted by atomic mass is 16.5. The zero-order valence-electron chi connectivity index (χ0n) is 20.9. The van der Waals surface area contributed by atoms with Crippen LogP contribution in [0.5, 0.6) is 23.0 Å². The van der Waals surface area contributed by atoms with Gasteiger partial charge in [-0.3, -0.25) is 0 Å². The molecule has 0 spiro atoms. The van der Waals surface area contributed by atoms with E-state index in [-0.39, 0.29) is 0 Å². The van der Waals surface area contributed by atoms with Gasteiger partial charge in [-0.15, -0.1) is 0 Å². The molecular formula is C31H34N2O2. The van der Waals surface area contributed by atoms with E-state index in [2.05, 4.69) is 52.0 Å². The molecule has 180 valence electrons. The molecule has 0 saturated carbocycles. The van der Waals surface area contributed by atoms with E-state index >= 15 is 0 Å². The molecular weight excluding hydrogens is 432 g/mol. The summed E-state index contributed by atoms with van der Waals surface area (Å²) in [5.74, 6) is 3.96. The van der Waals surface area contributed by atoms with Crippen molar-refractivity contribution in [3.63, 3.8) is 0 Å². The first-order valence-corrected chi connectivity index (χ1v) is 12.1. The third-order valence-corrected chi connectivity index (χ3v) is 6.09. The molecule has 4 heteroatoms. The number of anilines is 2. The van der Waals surface area contributed by atoms with Gasteiger partial charge in [0.1, 0.15) is 23.0 Å². The topological polar surface area (TPSA) is 70.5 Å². The van der Waals surface area contributed by atoms with Crippen LogP contribution in [0, 0.1) is 0 Å². The maximum atomic E-state index is 6.09. The number of nitrogens with two attached hydrogens (primary N) is 2. The standard InChI is InChI=1S/C31H34N2O2/c1-20(2)30-18-28(34-26-13-7-24(32)8-14-26)11-5-22(30)17-23-6-12-29(19-31(23)21(3)4)35-27-15-9-25(33)10-16-27/h5-16,18-21H,17,32-33H2,1-4H3. The van der Waals surface area contributed by atoms with Gasteiger partial charge in [0.25, 0.3) is 0 Å².